The third-order valence-corrected chi connectivity index (χ3v) is 4.32. The standard InChI is InChI=1S/C17H23NO4/c1-20-9-3-8-18-11-16(12-4-5-12)22-15-7-6-13(10-14(15)18)17(19)21-2/h6-7,10,12,16H,3-5,8-9,11H2,1-2H3. The number of carbonyl (C=O) groups is 1. The summed E-state index contributed by atoms with van der Waals surface area (Å²) >= 11 is 0. The van der Waals surface area contributed by atoms with Gasteiger partial charge < -0.3 is 19.1 Å². The summed E-state index contributed by atoms with van der Waals surface area (Å²) in [6.45, 7) is 2.52. The van der Waals surface area contributed by atoms with Crippen LogP contribution in [0.15, 0.2) is 18.2 Å². The largest absolute Gasteiger partial charge is 0.486 e. The minimum atomic E-state index is -0.316. The van der Waals surface area contributed by atoms with Crippen LogP contribution in [0.1, 0.15) is 29.6 Å². The summed E-state index contributed by atoms with van der Waals surface area (Å²) in [6, 6.07) is 5.53. The van der Waals surface area contributed by atoms with Crippen molar-refractivity contribution >= 4 is 11.7 Å². The Hall–Kier alpha value is -1.75. The van der Waals surface area contributed by atoms with E-state index in [4.69, 9.17) is 14.2 Å². The lowest BCUT2D eigenvalue weighted by Crippen LogP contribution is -2.42. The Balaban J connectivity index is 1.83. The number of hydrogen-bond donors (Lipinski definition) is 0. The third-order valence-electron chi connectivity index (χ3n) is 4.32. The van der Waals surface area contributed by atoms with Gasteiger partial charge in [0.1, 0.15) is 11.9 Å². The van der Waals surface area contributed by atoms with Crippen molar-refractivity contribution in [1.29, 1.82) is 0 Å². The number of carbonyl (C=O) groups excluding carboxylic acids is 1. The van der Waals surface area contributed by atoms with Gasteiger partial charge in [-0.05, 0) is 43.4 Å². The van der Waals surface area contributed by atoms with Gasteiger partial charge in [0.25, 0.3) is 0 Å². The molecule has 1 aliphatic carbocycles. The maximum Gasteiger partial charge on any atom is 0.337 e. The van der Waals surface area contributed by atoms with Crippen molar-refractivity contribution in [3.8, 4) is 5.75 Å². The molecule has 1 aliphatic heterocycles. The molecule has 2 aliphatic rings. The van der Waals surface area contributed by atoms with Crippen LogP contribution in [0.3, 0.4) is 0 Å². The van der Waals surface area contributed by atoms with E-state index in [2.05, 4.69) is 4.90 Å². The Bertz CT molecular complexity index is 541. The van der Waals surface area contributed by atoms with E-state index in [0.717, 1.165) is 37.6 Å². The smallest absolute Gasteiger partial charge is 0.337 e. The van der Waals surface area contributed by atoms with Crippen LogP contribution in [-0.2, 0) is 9.47 Å². The first-order valence-corrected chi connectivity index (χ1v) is 7.86. The topological polar surface area (TPSA) is 48.0 Å². The summed E-state index contributed by atoms with van der Waals surface area (Å²) in [6.07, 6.45) is 3.73. The first kappa shape index (κ1) is 15.2. The fraction of sp³-hybridized carbons (Fsp3) is 0.588. The predicted octanol–water partition coefficient (Wildman–Crippen LogP) is 2.49. The van der Waals surface area contributed by atoms with E-state index in [9.17, 15) is 4.79 Å². The summed E-state index contributed by atoms with van der Waals surface area (Å²) in [4.78, 5) is 14.1. The van der Waals surface area contributed by atoms with Gasteiger partial charge in [-0.1, -0.05) is 0 Å². The molecule has 1 aromatic carbocycles. The molecule has 0 radical (unpaired) electrons. The number of anilines is 1. The van der Waals surface area contributed by atoms with Crippen molar-refractivity contribution in [2.45, 2.75) is 25.4 Å². The summed E-state index contributed by atoms with van der Waals surface area (Å²) < 4.78 is 16.1. The van der Waals surface area contributed by atoms with Crippen molar-refractivity contribution in [2.24, 2.45) is 5.92 Å². The number of hydrogen-bond acceptors (Lipinski definition) is 5. The highest BCUT2D eigenvalue weighted by Gasteiger charge is 2.37. The molecule has 3 rings (SSSR count). The molecule has 1 heterocycles. The zero-order chi connectivity index (χ0) is 15.5. The molecule has 0 bridgehead atoms. The minimum absolute atomic E-state index is 0.263. The van der Waals surface area contributed by atoms with Gasteiger partial charge in [0, 0.05) is 20.3 Å². The molecule has 5 nitrogen and oxygen atoms in total. The van der Waals surface area contributed by atoms with E-state index in [0.29, 0.717) is 11.5 Å². The Kier molecular flexibility index (Phi) is 4.52. The van der Waals surface area contributed by atoms with Crippen LogP contribution in [-0.4, -0.2) is 46.0 Å². The summed E-state index contributed by atoms with van der Waals surface area (Å²) in [7, 11) is 3.12. The second kappa shape index (κ2) is 6.57. The first-order chi connectivity index (χ1) is 10.7. The molecule has 0 saturated heterocycles. The average molecular weight is 305 g/mol. The van der Waals surface area contributed by atoms with Crippen LogP contribution in [0.25, 0.3) is 0 Å². The van der Waals surface area contributed by atoms with Gasteiger partial charge in [0.2, 0.25) is 0 Å². The molecule has 1 fully saturated rings. The van der Waals surface area contributed by atoms with Gasteiger partial charge >= 0.3 is 5.97 Å². The van der Waals surface area contributed by atoms with Crippen molar-refractivity contribution in [3.05, 3.63) is 23.8 Å². The maximum absolute atomic E-state index is 11.7. The minimum Gasteiger partial charge on any atom is -0.486 e. The molecule has 0 amide bonds. The van der Waals surface area contributed by atoms with E-state index < -0.39 is 0 Å². The van der Waals surface area contributed by atoms with Crippen LogP contribution in [0, 0.1) is 5.92 Å². The molecular weight excluding hydrogens is 282 g/mol. The third kappa shape index (κ3) is 3.19. The lowest BCUT2D eigenvalue weighted by atomic mass is 10.1. The van der Waals surface area contributed by atoms with Crippen molar-refractivity contribution < 1.29 is 19.0 Å². The Morgan fingerprint density at radius 2 is 2.18 bits per heavy atom. The summed E-state index contributed by atoms with van der Waals surface area (Å²) in [5.74, 6) is 1.23. The first-order valence-electron chi connectivity index (χ1n) is 7.86. The molecule has 1 atom stereocenters. The van der Waals surface area contributed by atoms with Crippen molar-refractivity contribution in [2.75, 3.05) is 38.8 Å². The molecule has 5 heteroatoms. The van der Waals surface area contributed by atoms with Crippen LogP contribution in [0.4, 0.5) is 5.69 Å². The van der Waals surface area contributed by atoms with Gasteiger partial charge in [0.05, 0.1) is 24.9 Å². The maximum atomic E-state index is 11.7. The number of methoxy groups -OCH3 is 2. The molecule has 22 heavy (non-hydrogen) atoms. The van der Waals surface area contributed by atoms with E-state index in [-0.39, 0.29) is 12.1 Å². The zero-order valence-corrected chi connectivity index (χ0v) is 13.2. The highest BCUT2D eigenvalue weighted by molar-refractivity contribution is 5.91. The van der Waals surface area contributed by atoms with Crippen LogP contribution >= 0.6 is 0 Å². The van der Waals surface area contributed by atoms with Crippen LogP contribution < -0.4 is 9.64 Å². The lowest BCUT2D eigenvalue weighted by Gasteiger charge is -2.36. The highest BCUT2D eigenvalue weighted by Crippen LogP contribution is 2.42. The van der Waals surface area contributed by atoms with E-state index in [1.807, 2.05) is 12.1 Å². The molecule has 0 spiro atoms. The normalized spacial score (nSPS) is 20.3. The van der Waals surface area contributed by atoms with Gasteiger partial charge in [0.15, 0.2) is 0 Å². The van der Waals surface area contributed by atoms with Crippen molar-refractivity contribution in [1.82, 2.24) is 0 Å². The SMILES string of the molecule is COCCCN1CC(C2CC2)Oc2ccc(C(=O)OC)cc21. The Labute approximate surface area is 131 Å². The number of benzene rings is 1. The molecule has 1 saturated carbocycles. The number of nitrogens with zero attached hydrogens (tertiary/aromatic N) is 1. The van der Waals surface area contributed by atoms with Gasteiger partial charge in [-0.25, -0.2) is 4.79 Å². The van der Waals surface area contributed by atoms with Gasteiger partial charge in [-0.2, -0.15) is 0 Å². The number of esters is 1. The molecule has 1 unspecified atom stereocenters. The monoisotopic (exact) mass is 305 g/mol. The summed E-state index contributed by atoms with van der Waals surface area (Å²) in [5, 5.41) is 0. The molecule has 1 aromatic rings. The number of ether oxygens (including phenoxy) is 3. The fourth-order valence-electron chi connectivity index (χ4n) is 2.95. The molecule has 120 valence electrons. The second-order valence-corrected chi connectivity index (χ2v) is 5.96. The second-order valence-electron chi connectivity index (χ2n) is 5.96. The highest BCUT2D eigenvalue weighted by atomic mass is 16.5. The molecular formula is C17H23NO4. The van der Waals surface area contributed by atoms with Crippen LogP contribution in [0.5, 0.6) is 5.75 Å². The predicted molar refractivity (Wildman–Crippen MR) is 83.6 cm³/mol. The van der Waals surface area contributed by atoms with Gasteiger partial charge in [-0.15, -0.1) is 0 Å². The van der Waals surface area contributed by atoms with Crippen molar-refractivity contribution in [3.63, 3.8) is 0 Å². The Morgan fingerprint density at radius 3 is 2.86 bits per heavy atom. The quantitative estimate of drug-likeness (QED) is 0.597. The molecule has 0 aromatic heterocycles. The summed E-state index contributed by atoms with van der Waals surface area (Å²) in [5.41, 5.74) is 1.54. The number of fused-ring (bicyclic) bond motifs is 1. The van der Waals surface area contributed by atoms with E-state index >= 15 is 0 Å². The number of rotatable bonds is 6. The molecule has 0 N–H and O–H groups in total. The fourth-order valence-corrected chi connectivity index (χ4v) is 2.95. The van der Waals surface area contributed by atoms with E-state index in [1.165, 1.54) is 20.0 Å². The zero-order valence-electron chi connectivity index (χ0n) is 13.2. The van der Waals surface area contributed by atoms with E-state index in [1.54, 1.807) is 13.2 Å². The Morgan fingerprint density at radius 1 is 1.36 bits per heavy atom. The average Bonchev–Trinajstić information content (AvgIpc) is 3.38. The van der Waals surface area contributed by atoms with Crippen LogP contribution in [0.2, 0.25) is 0 Å². The lowest BCUT2D eigenvalue weighted by molar-refractivity contribution is 0.0600. The van der Waals surface area contributed by atoms with Gasteiger partial charge in [-0.3, -0.25) is 0 Å².